The lowest BCUT2D eigenvalue weighted by Crippen LogP contribution is -2.14. The van der Waals surface area contributed by atoms with E-state index >= 15 is 0 Å². The first-order chi connectivity index (χ1) is 9.19. The Morgan fingerprint density at radius 2 is 2.11 bits per heavy atom. The third kappa shape index (κ3) is 4.14. The van der Waals surface area contributed by atoms with Crippen LogP contribution in [0, 0.1) is 6.92 Å². The molecule has 0 atom stereocenters. The van der Waals surface area contributed by atoms with Crippen LogP contribution in [-0.4, -0.2) is 23.3 Å². The average molecular weight is 324 g/mol. The molecule has 4 nitrogen and oxygen atoms in total. The van der Waals surface area contributed by atoms with Crippen molar-refractivity contribution in [2.24, 2.45) is 0 Å². The summed E-state index contributed by atoms with van der Waals surface area (Å²) >= 11 is 3.48. The zero-order valence-electron chi connectivity index (χ0n) is 11.2. The van der Waals surface area contributed by atoms with Crippen LogP contribution in [0.3, 0.4) is 0 Å². The lowest BCUT2D eigenvalue weighted by molar-refractivity contribution is 0.492. The molecule has 0 amide bonds. The van der Waals surface area contributed by atoms with Crippen molar-refractivity contribution in [1.29, 1.82) is 0 Å². The van der Waals surface area contributed by atoms with Crippen LogP contribution in [0.25, 0.3) is 11.5 Å². The van der Waals surface area contributed by atoms with E-state index in [2.05, 4.69) is 44.4 Å². The Bertz CT molecular complexity index is 519. The predicted octanol–water partition coefficient (Wildman–Crippen LogP) is 3.35. The van der Waals surface area contributed by atoms with E-state index in [1.807, 2.05) is 19.1 Å². The summed E-state index contributed by atoms with van der Waals surface area (Å²) in [6.07, 6.45) is 1.82. The number of aryl methyl sites for hydroxylation is 2. The van der Waals surface area contributed by atoms with Crippen molar-refractivity contribution in [3.05, 3.63) is 34.1 Å². The Kier molecular flexibility index (Phi) is 5.10. The fourth-order valence-corrected chi connectivity index (χ4v) is 2.48. The fourth-order valence-electron chi connectivity index (χ4n) is 1.87. The van der Waals surface area contributed by atoms with Gasteiger partial charge in [-0.2, -0.15) is 0 Å². The fraction of sp³-hybridized carbons (Fsp3) is 0.429. The van der Waals surface area contributed by atoms with Crippen molar-refractivity contribution in [3.63, 3.8) is 0 Å². The summed E-state index contributed by atoms with van der Waals surface area (Å²) in [6.45, 7) is 6.11. The first-order valence-electron chi connectivity index (χ1n) is 6.49. The number of hydrogen-bond donors (Lipinski definition) is 1. The maximum absolute atomic E-state index is 5.69. The molecule has 0 saturated carbocycles. The maximum atomic E-state index is 5.69. The topological polar surface area (TPSA) is 51.0 Å². The molecule has 19 heavy (non-hydrogen) atoms. The zero-order chi connectivity index (χ0) is 13.7. The SMILES string of the molecule is CCNCCCc1nnc(-c2cc(C)cc(Br)c2)o1. The van der Waals surface area contributed by atoms with E-state index in [-0.39, 0.29) is 0 Å². The van der Waals surface area contributed by atoms with Gasteiger partial charge < -0.3 is 9.73 Å². The zero-order valence-corrected chi connectivity index (χ0v) is 12.8. The number of aromatic nitrogens is 2. The molecular weight excluding hydrogens is 306 g/mol. The van der Waals surface area contributed by atoms with Crippen LogP contribution in [0.2, 0.25) is 0 Å². The van der Waals surface area contributed by atoms with E-state index < -0.39 is 0 Å². The normalized spacial score (nSPS) is 10.9. The quantitative estimate of drug-likeness (QED) is 0.828. The van der Waals surface area contributed by atoms with Gasteiger partial charge in [0.25, 0.3) is 0 Å². The highest BCUT2D eigenvalue weighted by Crippen LogP contribution is 2.24. The number of nitrogens with one attached hydrogen (secondary N) is 1. The van der Waals surface area contributed by atoms with Crippen LogP contribution in [-0.2, 0) is 6.42 Å². The van der Waals surface area contributed by atoms with Gasteiger partial charge in [0.2, 0.25) is 11.8 Å². The van der Waals surface area contributed by atoms with E-state index in [9.17, 15) is 0 Å². The molecule has 0 bridgehead atoms. The standard InChI is InChI=1S/C14H18BrN3O/c1-3-16-6-4-5-13-17-18-14(19-13)11-7-10(2)8-12(15)9-11/h7-9,16H,3-6H2,1-2H3. The minimum Gasteiger partial charge on any atom is -0.421 e. The highest BCUT2D eigenvalue weighted by atomic mass is 79.9. The summed E-state index contributed by atoms with van der Waals surface area (Å²) < 4.78 is 6.71. The molecule has 0 spiro atoms. The van der Waals surface area contributed by atoms with Gasteiger partial charge in [-0.15, -0.1) is 10.2 Å². The minimum absolute atomic E-state index is 0.586. The predicted molar refractivity (Wildman–Crippen MR) is 79.0 cm³/mol. The molecule has 1 aromatic carbocycles. The van der Waals surface area contributed by atoms with Crippen molar-refractivity contribution >= 4 is 15.9 Å². The minimum atomic E-state index is 0.586. The van der Waals surface area contributed by atoms with E-state index in [1.165, 1.54) is 0 Å². The second-order valence-electron chi connectivity index (χ2n) is 4.48. The molecule has 2 aromatic rings. The number of rotatable bonds is 6. The Hall–Kier alpha value is -1.20. The summed E-state index contributed by atoms with van der Waals surface area (Å²) in [6, 6.07) is 6.08. The number of nitrogens with zero attached hydrogens (tertiary/aromatic N) is 2. The molecule has 102 valence electrons. The van der Waals surface area contributed by atoms with E-state index in [1.54, 1.807) is 0 Å². The molecule has 0 saturated heterocycles. The Labute approximate surface area is 121 Å². The average Bonchev–Trinajstić information content (AvgIpc) is 2.82. The van der Waals surface area contributed by atoms with Crippen LogP contribution < -0.4 is 5.32 Å². The molecule has 2 rings (SSSR count). The van der Waals surface area contributed by atoms with Crippen molar-refractivity contribution in [2.45, 2.75) is 26.7 Å². The maximum Gasteiger partial charge on any atom is 0.247 e. The summed E-state index contributed by atoms with van der Waals surface area (Å²) in [4.78, 5) is 0. The van der Waals surface area contributed by atoms with Gasteiger partial charge in [-0.3, -0.25) is 0 Å². The van der Waals surface area contributed by atoms with Crippen molar-refractivity contribution in [3.8, 4) is 11.5 Å². The van der Waals surface area contributed by atoms with Gasteiger partial charge in [-0.05, 0) is 50.2 Å². The molecule has 1 N–H and O–H groups in total. The summed E-state index contributed by atoms with van der Waals surface area (Å²) in [5.74, 6) is 1.29. The number of hydrogen-bond acceptors (Lipinski definition) is 4. The lowest BCUT2D eigenvalue weighted by atomic mass is 10.1. The summed E-state index contributed by atoms with van der Waals surface area (Å²) in [5, 5.41) is 11.5. The molecule has 0 aliphatic heterocycles. The molecular formula is C14H18BrN3O. The van der Waals surface area contributed by atoms with Gasteiger partial charge in [0.15, 0.2) is 0 Å². The van der Waals surface area contributed by atoms with Gasteiger partial charge in [-0.25, -0.2) is 0 Å². The molecule has 0 aliphatic rings. The smallest absolute Gasteiger partial charge is 0.247 e. The molecule has 1 heterocycles. The van der Waals surface area contributed by atoms with Crippen LogP contribution in [0.15, 0.2) is 27.1 Å². The Balaban J connectivity index is 2.03. The van der Waals surface area contributed by atoms with E-state index in [0.717, 1.165) is 41.5 Å². The first kappa shape index (κ1) is 14.2. The third-order valence-corrected chi connectivity index (χ3v) is 3.21. The molecule has 0 unspecified atom stereocenters. The van der Waals surface area contributed by atoms with Crippen LogP contribution in [0.4, 0.5) is 0 Å². The van der Waals surface area contributed by atoms with Gasteiger partial charge in [-0.1, -0.05) is 22.9 Å². The Morgan fingerprint density at radius 3 is 2.84 bits per heavy atom. The molecule has 0 radical (unpaired) electrons. The summed E-state index contributed by atoms with van der Waals surface area (Å²) in [5.41, 5.74) is 2.12. The second-order valence-corrected chi connectivity index (χ2v) is 5.39. The van der Waals surface area contributed by atoms with Crippen LogP contribution >= 0.6 is 15.9 Å². The highest BCUT2D eigenvalue weighted by molar-refractivity contribution is 9.10. The first-order valence-corrected chi connectivity index (χ1v) is 7.29. The van der Waals surface area contributed by atoms with Crippen molar-refractivity contribution in [1.82, 2.24) is 15.5 Å². The van der Waals surface area contributed by atoms with Crippen LogP contribution in [0.5, 0.6) is 0 Å². The van der Waals surface area contributed by atoms with Crippen molar-refractivity contribution < 1.29 is 4.42 Å². The third-order valence-electron chi connectivity index (χ3n) is 2.75. The molecule has 0 fully saturated rings. The largest absolute Gasteiger partial charge is 0.421 e. The van der Waals surface area contributed by atoms with Gasteiger partial charge >= 0.3 is 0 Å². The lowest BCUT2D eigenvalue weighted by Gasteiger charge is -1.99. The number of halogens is 1. The van der Waals surface area contributed by atoms with E-state index in [0.29, 0.717) is 11.8 Å². The van der Waals surface area contributed by atoms with E-state index in [4.69, 9.17) is 4.42 Å². The van der Waals surface area contributed by atoms with Gasteiger partial charge in [0.05, 0.1) is 0 Å². The Morgan fingerprint density at radius 1 is 1.26 bits per heavy atom. The van der Waals surface area contributed by atoms with Crippen LogP contribution in [0.1, 0.15) is 24.8 Å². The molecule has 5 heteroatoms. The van der Waals surface area contributed by atoms with Gasteiger partial charge in [0.1, 0.15) is 0 Å². The summed E-state index contributed by atoms with van der Waals surface area (Å²) in [7, 11) is 0. The monoisotopic (exact) mass is 323 g/mol. The molecule has 0 aliphatic carbocycles. The number of benzene rings is 1. The second kappa shape index (κ2) is 6.82. The highest BCUT2D eigenvalue weighted by Gasteiger charge is 2.09. The van der Waals surface area contributed by atoms with Crippen molar-refractivity contribution in [2.75, 3.05) is 13.1 Å². The molecule has 1 aromatic heterocycles. The van der Waals surface area contributed by atoms with Gasteiger partial charge in [0, 0.05) is 16.5 Å².